The van der Waals surface area contributed by atoms with Gasteiger partial charge in [0.15, 0.2) is 0 Å². The van der Waals surface area contributed by atoms with E-state index in [4.69, 9.17) is 4.74 Å². The minimum absolute atomic E-state index is 0.213. The van der Waals surface area contributed by atoms with Gasteiger partial charge in [-0.2, -0.15) is 0 Å². The summed E-state index contributed by atoms with van der Waals surface area (Å²) in [4.78, 5) is 16.4. The Morgan fingerprint density at radius 3 is 2.78 bits per heavy atom. The largest absolute Gasteiger partial charge is 0.496 e. The monoisotopic (exact) mass is 310 g/mol. The molecule has 23 heavy (non-hydrogen) atoms. The fraction of sp³-hybridized carbons (Fsp3) is 0.111. The van der Waals surface area contributed by atoms with Crippen molar-refractivity contribution in [3.63, 3.8) is 0 Å². The van der Waals surface area contributed by atoms with Crippen LogP contribution in [0.5, 0.6) is 5.75 Å². The molecule has 1 aliphatic heterocycles. The fourth-order valence-electron chi connectivity index (χ4n) is 2.36. The average molecular weight is 310 g/mol. The number of rotatable bonds is 3. The Morgan fingerprint density at radius 1 is 1.22 bits per heavy atom. The zero-order valence-corrected chi connectivity index (χ0v) is 12.8. The summed E-state index contributed by atoms with van der Waals surface area (Å²) in [6.45, 7) is 1.97. The number of carbonyl (C=O) groups is 1. The molecule has 5 heteroatoms. The third-order valence-electron chi connectivity index (χ3n) is 3.47. The normalized spacial score (nSPS) is 15.5. The van der Waals surface area contributed by atoms with Crippen LogP contribution in [0.25, 0.3) is 6.08 Å². The number of methoxy groups -OCH3 is 1. The maximum absolute atomic E-state index is 13.4. The van der Waals surface area contributed by atoms with E-state index in [1.807, 2.05) is 31.2 Å². The SMILES string of the molecule is COc1ccc(F)cc1/C=C1/N=C(c2cccc(C)c2)NC1=O. The average Bonchev–Trinajstić information content (AvgIpc) is 2.89. The van der Waals surface area contributed by atoms with Crippen molar-refractivity contribution in [3.8, 4) is 5.75 Å². The second-order valence-corrected chi connectivity index (χ2v) is 5.20. The van der Waals surface area contributed by atoms with E-state index < -0.39 is 5.82 Å². The molecule has 0 aromatic heterocycles. The van der Waals surface area contributed by atoms with Crippen LogP contribution < -0.4 is 10.1 Å². The van der Waals surface area contributed by atoms with E-state index in [0.29, 0.717) is 17.1 Å². The second kappa shape index (κ2) is 6.04. The molecule has 0 saturated heterocycles. The first kappa shape index (κ1) is 15.0. The number of hydrogen-bond donors (Lipinski definition) is 1. The highest BCUT2D eigenvalue weighted by Gasteiger charge is 2.21. The molecule has 3 rings (SSSR count). The predicted molar refractivity (Wildman–Crippen MR) is 86.8 cm³/mol. The van der Waals surface area contributed by atoms with E-state index >= 15 is 0 Å². The fourth-order valence-corrected chi connectivity index (χ4v) is 2.36. The van der Waals surface area contributed by atoms with Crippen molar-refractivity contribution in [3.05, 3.63) is 70.7 Å². The molecule has 0 bridgehead atoms. The van der Waals surface area contributed by atoms with Gasteiger partial charge in [0.2, 0.25) is 0 Å². The van der Waals surface area contributed by atoms with Gasteiger partial charge in [-0.05, 0) is 37.3 Å². The Balaban J connectivity index is 2.00. The van der Waals surface area contributed by atoms with Crippen LogP contribution in [0.4, 0.5) is 4.39 Å². The van der Waals surface area contributed by atoms with Gasteiger partial charge in [0.05, 0.1) is 7.11 Å². The molecule has 0 aliphatic carbocycles. The highest BCUT2D eigenvalue weighted by Crippen LogP contribution is 2.24. The maximum atomic E-state index is 13.4. The summed E-state index contributed by atoms with van der Waals surface area (Å²) in [5.74, 6) is 0.234. The van der Waals surface area contributed by atoms with Gasteiger partial charge < -0.3 is 10.1 Å². The summed E-state index contributed by atoms with van der Waals surface area (Å²) in [5.41, 5.74) is 2.58. The number of nitrogens with zero attached hydrogens (tertiary/aromatic N) is 1. The third kappa shape index (κ3) is 3.13. The minimum atomic E-state index is -0.404. The van der Waals surface area contributed by atoms with E-state index in [1.165, 1.54) is 31.4 Å². The molecule has 1 aliphatic rings. The topological polar surface area (TPSA) is 50.7 Å². The van der Waals surface area contributed by atoms with Crippen LogP contribution in [-0.4, -0.2) is 18.9 Å². The van der Waals surface area contributed by atoms with Crippen LogP contribution in [0.1, 0.15) is 16.7 Å². The van der Waals surface area contributed by atoms with Gasteiger partial charge in [-0.3, -0.25) is 4.79 Å². The second-order valence-electron chi connectivity index (χ2n) is 5.20. The summed E-state index contributed by atoms with van der Waals surface area (Å²) >= 11 is 0. The molecule has 0 spiro atoms. The predicted octanol–water partition coefficient (Wildman–Crippen LogP) is 3.06. The summed E-state index contributed by atoms with van der Waals surface area (Å²) in [6.07, 6.45) is 1.51. The zero-order valence-electron chi connectivity index (χ0n) is 12.8. The lowest BCUT2D eigenvalue weighted by Gasteiger charge is -2.04. The molecule has 4 nitrogen and oxygen atoms in total. The molecule has 1 N–H and O–H groups in total. The Bertz CT molecular complexity index is 841. The lowest BCUT2D eigenvalue weighted by Crippen LogP contribution is -2.24. The van der Waals surface area contributed by atoms with Crippen molar-refractivity contribution in [2.75, 3.05) is 7.11 Å². The van der Waals surface area contributed by atoms with Crippen molar-refractivity contribution in [2.45, 2.75) is 6.92 Å². The number of aliphatic imine (C=N–C) groups is 1. The molecule has 116 valence electrons. The smallest absolute Gasteiger partial charge is 0.275 e. The summed E-state index contributed by atoms with van der Waals surface area (Å²) in [6, 6.07) is 11.8. The molecular formula is C18H15FN2O2. The molecular weight excluding hydrogens is 295 g/mol. The summed E-state index contributed by atoms with van der Waals surface area (Å²) in [7, 11) is 1.49. The third-order valence-corrected chi connectivity index (χ3v) is 3.47. The van der Waals surface area contributed by atoms with Gasteiger partial charge in [0, 0.05) is 11.1 Å². The number of hydrogen-bond acceptors (Lipinski definition) is 3. The lowest BCUT2D eigenvalue weighted by molar-refractivity contribution is -0.115. The van der Waals surface area contributed by atoms with E-state index in [-0.39, 0.29) is 11.6 Å². The Kier molecular flexibility index (Phi) is 3.93. The number of benzene rings is 2. The molecule has 1 heterocycles. The van der Waals surface area contributed by atoms with Crippen molar-refractivity contribution in [1.29, 1.82) is 0 Å². The Hall–Kier alpha value is -2.95. The first-order chi connectivity index (χ1) is 11.1. The van der Waals surface area contributed by atoms with E-state index in [0.717, 1.165) is 11.1 Å². The van der Waals surface area contributed by atoms with Crippen LogP contribution in [0.15, 0.2) is 53.2 Å². The highest BCUT2D eigenvalue weighted by molar-refractivity contribution is 6.19. The molecule has 0 radical (unpaired) electrons. The van der Waals surface area contributed by atoms with Crippen LogP contribution in [0.2, 0.25) is 0 Å². The van der Waals surface area contributed by atoms with Crippen molar-refractivity contribution in [2.24, 2.45) is 4.99 Å². The lowest BCUT2D eigenvalue weighted by atomic mass is 10.1. The van der Waals surface area contributed by atoms with Gasteiger partial charge in [-0.1, -0.05) is 23.8 Å². The number of aryl methyl sites for hydroxylation is 1. The van der Waals surface area contributed by atoms with Gasteiger partial charge in [0.25, 0.3) is 5.91 Å². The molecule has 2 aromatic rings. The van der Waals surface area contributed by atoms with E-state index in [1.54, 1.807) is 0 Å². The quantitative estimate of drug-likeness (QED) is 0.886. The van der Waals surface area contributed by atoms with Crippen LogP contribution in [0, 0.1) is 12.7 Å². The first-order valence-electron chi connectivity index (χ1n) is 7.09. The molecule has 2 aromatic carbocycles. The highest BCUT2D eigenvalue weighted by atomic mass is 19.1. The number of halogens is 1. The van der Waals surface area contributed by atoms with E-state index in [2.05, 4.69) is 10.3 Å². The van der Waals surface area contributed by atoms with E-state index in [9.17, 15) is 9.18 Å². The molecule has 0 atom stereocenters. The molecule has 1 amide bonds. The van der Waals surface area contributed by atoms with Gasteiger partial charge >= 0.3 is 0 Å². The van der Waals surface area contributed by atoms with Crippen LogP contribution in [-0.2, 0) is 4.79 Å². The molecule has 0 fully saturated rings. The van der Waals surface area contributed by atoms with Crippen molar-refractivity contribution in [1.82, 2.24) is 5.32 Å². The van der Waals surface area contributed by atoms with Crippen LogP contribution >= 0.6 is 0 Å². The Morgan fingerprint density at radius 2 is 2.04 bits per heavy atom. The minimum Gasteiger partial charge on any atom is -0.496 e. The summed E-state index contributed by atoms with van der Waals surface area (Å²) < 4.78 is 18.6. The van der Waals surface area contributed by atoms with Gasteiger partial charge in [0.1, 0.15) is 23.1 Å². The zero-order chi connectivity index (χ0) is 16.4. The molecule has 0 saturated carbocycles. The number of ether oxygens (including phenoxy) is 1. The number of carbonyl (C=O) groups excluding carboxylic acids is 1. The van der Waals surface area contributed by atoms with Gasteiger partial charge in [-0.25, -0.2) is 9.38 Å². The van der Waals surface area contributed by atoms with Gasteiger partial charge in [-0.15, -0.1) is 0 Å². The number of amides is 1. The standard InChI is InChI=1S/C18H15FN2O2/c1-11-4-3-5-12(8-11)17-20-15(18(22)21-17)10-13-9-14(19)6-7-16(13)23-2/h3-10H,1-2H3,(H,20,21,22)/b15-10+. The number of nitrogens with one attached hydrogen (secondary N) is 1. The number of amidine groups is 1. The molecule has 0 unspecified atom stereocenters. The van der Waals surface area contributed by atoms with Crippen molar-refractivity contribution >= 4 is 17.8 Å². The van der Waals surface area contributed by atoms with Crippen molar-refractivity contribution < 1.29 is 13.9 Å². The first-order valence-corrected chi connectivity index (χ1v) is 7.09. The maximum Gasteiger partial charge on any atom is 0.275 e. The Labute approximate surface area is 133 Å². The van der Waals surface area contributed by atoms with Crippen LogP contribution in [0.3, 0.4) is 0 Å². The summed E-state index contributed by atoms with van der Waals surface area (Å²) in [5, 5.41) is 2.73.